The van der Waals surface area contributed by atoms with Gasteiger partial charge in [0.25, 0.3) is 0 Å². The summed E-state index contributed by atoms with van der Waals surface area (Å²) in [6, 6.07) is 8.97. The highest BCUT2D eigenvalue weighted by atomic mass is 19.1. The lowest BCUT2D eigenvalue weighted by molar-refractivity contribution is 0.585. The smallest absolute Gasteiger partial charge is 0.133 e. The quantitative estimate of drug-likeness (QED) is 0.752. The van der Waals surface area contributed by atoms with Crippen LogP contribution >= 0.6 is 0 Å². The summed E-state index contributed by atoms with van der Waals surface area (Å²) < 4.78 is 26.4. The fraction of sp³-hybridized carbons (Fsp3) is 0. The number of benzene rings is 2. The first kappa shape index (κ1) is 11.9. The standard InChI is InChI=1S/C13H6F2N2O/c14-10-1-2-12(13(15)6-10)9-3-8(7-16)4-11(5-9)17-18/h1-6H. The molecule has 5 heteroatoms. The zero-order valence-corrected chi connectivity index (χ0v) is 9.02. The van der Waals surface area contributed by atoms with E-state index in [4.69, 9.17) is 5.26 Å². The molecule has 0 bridgehead atoms. The van der Waals surface area contributed by atoms with Gasteiger partial charge in [0.1, 0.15) is 17.3 Å². The number of nitrogens with zero attached hydrogens (tertiary/aromatic N) is 2. The minimum absolute atomic E-state index is 0.0211. The normalized spacial score (nSPS) is 9.83. The van der Waals surface area contributed by atoms with Crippen LogP contribution in [0.2, 0.25) is 0 Å². The second kappa shape index (κ2) is 4.72. The summed E-state index contributed by atoms with van der Waals surface area (Å²) in [5.74, 6) is -1.46. The number of halogens is 2. The Bertz CT molecular complexity index is 663. The summed E-state index contributed by atoms with van der Waals surface area (Å²) in [5.41, 5.74) is 0.623. The number of nitroso groups, excluding NO2 is 1. The molecule has 3 nitrogen and oxygen atoms in total. The van der Waals surface area contributed by atoms with Crippen molar-refractivity contribution in [3.63, 3.8) is 0 Å². The van der Waals surface area contributed by atoms with Crippen LogP contribution in [0.25, 0.3) is 11.1 Å². The van der Waals surface area contributed by atoms with E-state index in [0.29, 0.717) is 5.56 Å². The molecule has 2 aromatic rings. The van der Waals surface area contributed by atoms with Gasteiger partial charge in [-0.2, -0.15) is 5.26 Å². The van der Waals surface area contributed by atoms with Gasteiger partial charge in [-0.3, -0.25) is 0 Å². The highest BCUT2D eigenvalue weighted by Crippen LogP contribution is 2.28. The Morgan fingerprint density at radius 2 is 1.89 bits per heavy atom. The van der Waals surface area contributed by atoms with Crippen molar-refractivity contribution in [3.8, 4) is 17.2 Å². The lowest BCUT2D eigenvalue weighted by Gasteiger charge is -2.04. The molecule has 0 fully saturated rings. The number of hydrogen-bond acceptors (Lipinski definition) is 3. The molecular weight excluding hydrogens is 238 g/mol. The largest absolute Gasteiger partial charge is 0.207 e. The van der Waals surface area contributed by atoms with Crippen LogP contribution in [0.1, 0.15) is 5.56 Å². The Labute approximate surface area is 101 Å². The molecule has 18 heavy (non-hydrogen) atoms. The Hall–Kier alpha value is -2.61. The number of rotatable bonds is 2. The molecule has 0 saturated heterocycles. The Morgan fingerprint density at radius 3 is 2.50 bits per heavy atom. The molecule has 88 valence electrons. The van der Waals surface area contributed by atoms with Gasteiger partial charge >= 0.3 is 0 Å². The monoisotopic (exact) mass is 244 g/mol. The predicted molar refractivity (Wildman–Crippen MR) is 62.0 cm³/mol. The van der Waals surface area contributed by atoms with E-state index in [1.165, 1.54) is 24.3 Å². The van der Waals surface area contributed by atoms with Crippen LogP contribution in [0.4, 0.5) is 14.5 Å². The van der Waals surface area contributed by atoms with Crippen molar-refractivity contribution in [2.24, 2.45) is 5.18 Å². The first-order chi connectivity index (χ1) is 8.63. The van der Waals surface area contributed by atoms with Crippen molar-refractivity contribution in [2.75, 3.05) is 0 Å². The molecule has 0 aliphatic carbocycles. The van der Waals surface area contributed by atoms with Crippen LogP contribution in [0.3, 0.4) is 0 Å². The highest BCUT2D eigenvalue weighted by Gasteiger charge is 2.09. The lowest BCUT2D eigenvalue weighted by atomic mass is 10.0. The van der Waals surface area contributed by atoms with E-state index in [-0.39, 0.29) is 16.8 Å². The zero-order valence-electron chi connectivity index (χ0n) is 9.02. The maximum Gasteiger partial charge on any atom is 0.133 e. The molecule has 0 N–H and O–H groups in total. The van der Waals surface area contributed by atoms with Gasteiger partial charge in [0.2, 0.25) is 0 Å². The minimum Gasteiger partial charge on any atom is -0.207 e. The molecule has 0 aromatic heterocycles. The average molecular weight is 244 g/mol. The third kappa shape index (κ3) is 2.23. The summed E-state index contributed by atoms with van der Waals surface area (Å²) in [6.07, 6.45) is 0. The molecular formula is C13H6F2N2O. The van der Waals surface area contributed by atoms with Crippen molar-refractivity contribution in [2.45, 2.75) is 0 Å². The van der Waals surface area contributed by atoms with Gasteiger partial charge in [-0.05, 0) is 41.1 Å². The molecule has 0 saturated carbocycles. The molecule has 0 heterocycles. The Kier molecular flexibility index (Phi) is 3.11. The molecule has 0 spiro atoms. The van der Waals surface area contributed by atoms with Crippen molar-refractivity contribution in [1.82, 2.24) is 0 Å². The van der Waals surface area contributed by atoms with Crippen LogP contribution < -0.4 is 0 Å². The van der Waals surface area contributed by atoms with E-state index in [2.05, 4.69) is 5.18 Å². The van der Waals surface area contributed by atoms with Gasteiger partial charge < -0.3 is 0 Å². The summed E-state index contributed by atoms with van der Waals surface area (Å²) in [4.78, 5) is 10.5. The molecule has 0 amide bonds. The molecule has 0 radical (unpaired) electrons. The Morgan fingerprint density at radius 1 is 1.11 bits per heavy atom. The molecule has 0 aliphatic rings. The van der Waals surface area contributed by atoms with Crippen LogP contribution in [0, 0.1) is 27.9 Å². The Balaban J connectivity index is 2.63. The molecule has 0 unspecified atom stereocenters. The van der Waals surface area contributed by atoms with E-state index < -0.39 is 11.6 Å². The van der Waals surface area contributed by atoms with E-state index in [0.717, 1.165) is 12.1 Å². The first-order valence-electron chi connectivity index (χ1n) is 4.98. The first-order valence-corrected chi connectivity index (χ1v) is 4.98. The SMILES string of the molecule is N#Cc1cc(N=O)cc(-c2ccc(F)cc2F)c1. The second-order valence-corrected chi connectivity index (χ2v) is 3.60. The van der Waals surface area contributed by atoms with Crippen LogP contribution in [0.5, 0.6) is 0 Å². The molecule has 2 aromatic carbocycles. The molecule has 2 rings (SSSR count). The molecule has 0 atom stereocenters. The van der Waals surface area contributed by atoms with Crippen molar-refractivity contribution < 1.29 is 8.78 Å². The lowest BCUT2D eigenvalue weighted by Crippen LogP contribution is -1.87. The van der Waals surface area contributed by atoms with Gasteiger partial charge in [0.15, 0.2) is 0 Å². The van der Waals surface area contributed by atoms with Gasteiger partial charge in [-0.15, -0.1) is 4.91 Å². The van der Waals surface area contributed by atoms with Gasteiger partial charge in [-0.1, -0.05) is 0 Å². The van der Waals surface area contributed by atoms with E-state index in [9.17, 15) is 13.7 Å². The summed E-state index contributed by atoms with van der Waals surface area (Å²) in [6.45, 7) is 0. The second-order valence-electron chi connectivity index (χ2n) is 3.60. The predicted octanol–water partition coefficient (Wildman–Crippen LogP) is 3.90. The number of hydrogen-bond donors (Lipinski definition) is 0. The van der Waals surface area contributed by atoms with E-state index >= 15 is 0 Å². The topological polar surface area (TPSA) is 53.2 Å². The summed E-state index contributed by atoms with van der Waals surface area (Å²) >= 11 is 0. The van der Waals surface area contributed by atoms with Crippen molar-refractivity contribution in [3.05, 3.63) is 58.5 Å². The van der Waals surface area contributed by atoms with Gasteiger partial charge in [-0.25, -0.2) is 8.78 Å². The third-order valence-corrected chi connectivity index (χ3v) is 2.39. The van der Waals surface area contributed by atoms with Crippen LogP contribution in [-0.4, -0.2) is 0 Å². The zero-order chi connectivity index (χ0) is 13.1. The number of nitriles is 1. The van der Waals surface area contributed by atoms with Crippen LogP contribution in [-0.2, 0) is 0 Å². The highest BCUT2D eigenvalue weighted by molar-refractivity contribution is 5.70. The average Bonchev–Trinajstić information content (AvgIpc) is 2.38. The van der Waals surface area contributed by atoms with Gasteiger partial charge in [0.05, 0.1) is 11.6 Å². The maximum atomic E-state index is 13.6. The maximum absolute atomic E-state index is 13.6. The summed E-state index contributed by atoms with van der Waals surface area (Å²) in [7, 11) is 0. The molecule has 0 aliphatic heterocycles. The third-order valence-electron chi connectivity index (χ3n) is 2.39. The van der Waals surface area contributed by atoms with E-state index in [1.807, 2.05) is 6.07 Å². The van der Waals surface area contributed by atoms with Crippen LogP contribution in [0.15, 0.2) is 41.6 Å². The van der Waals surface area contributed by atoms with E-state index in [1.54, 1.807) is 0 Å². The minimum atomic E-state index is -0.762. The van der Waals surface area contributed by atoms with Crippen molar-refractivity contribution in [1.29, 1.82) is 5.26 Å². The fourth-order valence-electron chi connectivity index (χ4n) is 1.61. The fourth-order valence-corrected chi connectivity index (χ4v) is 1.61. The summed E-state index contributed by atoms with van der Waals surface area (Å²) in [5, 5.41) is 11.5. The van der Waals surface area contributed by atoms with Crippen molar-refractivity contribution >= 4 is 5.69 Å². The van der Waals surface area contributed by atoms with Gasteiger partial charge in [0, 0.05) is 11.6 Å².